The number of hydrogen-bond acceptors (Lipinski definition) is 5. The maximum atomic E-state index is 12.7. The Kier molecular flexibility index (Phi) is 8.06. The van der Waals surface area contributed by atoms with Crippen molar-refractivity contribution in [2.24, 2.45) is 0 Å². The highest BCUT2D eigenvalue weighted by molar-refractivity contribution is 5.93. The molecule has 0 aliphatic rings. The normalized spacial score (nSPS) is 11.9. The number of nitrogens with zero attached hydrogens (tertiary/aromatic N) is 3. The maximum absolute atomic E-state index is 12.7. The lowest BCUT2D eigenvalue weighted by Gasteiger charge is -2.27. The Bertz CT molecular complexity index is 1160. The van der Waals surface area contributed by atoms with Crippen LogP contribution in [-0.4, -0.2) is 44.4 Å². The van der Waals surface area contributed by atoms with Crippen molar-refractivity contribution >= 4 is 18.1 Å². The average Bonchev–Trinajstić information content (AvgIpc) is 3.19. The van der Waals surface area contributed by atoms with Crippen LogP contribution in [0.15, 0.2) is 67.1 Å². The van der Waals surface area contributed by atoms with Gasteiger partial charge in [0.05, 0.1) is 12.1 Å². The second kappa shape index (κ2) is 11.0. The third kappa shape index (κ3) is 8.41. The first-order valence-corrected chi connectivity index (χ1v) is 11.5. The van der Waals surface area contributed by atoms with Gasteiger partial charge in [0.15, 0.2) is 0 Å². The number of carbonyl (C=O) groups is 2. The van der Waals surface area contributed by atoms with Gasteiger partial charge in [-0.05, 0) is 58.4 Å². The molecule has 8 nitrogen and oxygen atoms in total. The van der Waals surface area contributed by atoms with Crippen LogP contribution in [0.1, 0.15) is 45.7 Å². The summed E-state index contributed by atoms with van der Waals surface area (Å²) in [5.41, 5.74) is 2.26. The first-order chi connectivity index (χ1) is 16.5. The minimum Gasteiger partial charge on any atom is -0.444 e. The molecule has 0 aliphatic carbocycles. The molecular formula is C27H33N5O3. The number of hydrogen-bond donors (Lipinski definition) is 2. The van der Waals surface area contributed by atoms with Gasteiger partial charge in [0.25, 0.3) is 0 Å². The standard InChI is InChI=1S/C27H33N5O3/c1-26(2,3)35-25(34)29-19-27(4,5)30-23(33)14-13-22-18-32(17-20-10-7-6-8-11-20)31-24(22)21-12-9-15-28-16-21/h6-16,18H,17,19H2,1-5H3,(H,29,34)(H,30,33)/b14-13+. The van der Waals surface area contributed by atoms with E-state index in [-0.39, 0.29) is 12.5 Å². The summed E-state index contributed by atoms with van der Waals surface area (Å²) in [6.45, 7) is 9.88. The van der Waals surface area contributed by atoms with Gasteiger partial charge in [-0.3, -0.25) is 14.5 Å². The topological polar surface area (TPSA) is 98.1 Å². The van der Waals surface area contributed by atoms with Crippen LogP contribution in [0.3, 0.4) is 0 Å². The molecule has 2 heterocycles. The summed E-state index contributed by atoms with van der Waals surface area (Å²) >= 11 is 0. The number of benzene rings is 1. The molecule has 8 heteroatoms. The second-order valence-electron chi connectivity index (χ2n) is 9.92. The molecule has 0 saturated heterocycles. The van der Waals surface area contributed by atoms with E-state index in [0.29, 0.717) is 6.54 Å². The summed E-state index contributed by atoms with van der Waals surface area (Å²) in [4.78, 5) is 28.8. The Balaban J connectivity index is 1.70. The van der Waals surface area contributed by atoms with Gasteiger partial charge >= 0.3 is 6.09 Å². The summed E-state index contributed by atoms with van der Waals surface area (Å²) in [6.07, 6.45) is 8.05. The fourth-order valence-electron chi connectivity index (χ4n) is 3.33. The summed E-state index contributed by atoms with van der Waals surface area (Å²) in [6, 6.07) is 13.8. The highest BCUT2D eigenvalue weighted by Crippen LogP contribution is 2.23. The van der Waals surface area contributed by atoms with E-state index in [4.69, 9.17) is 9.84 Å². The predicted molar refractivity (Wildman–Crippen MR) is 136 cm³/mol. The van der Waals surface area contributed by atoms with Crippen LogP contribution < -0.4 is 10.6 Å². The Morgan fingerprint density at radius 2 is 1.80 bits per heavy atom. The number of aromatic nitrogens is 3. The molecule has 0 aliphatic heterocycles. The summed E-state index contributed by atoms with van der Waals surface area (Å²) in [7, 11) is 0. The van der Waals surface area contributed by atoms with Crippen molar-refractivity contribution in [1.82, 2.24) is 25.4 Å². The first-order valence-electron chi connectivity index (χ1n) is 11.5. The molecule has 0 bridgehead atoms. The smallest absolute Gasteiger partial charge is 0.407 e. The zero-order valence-corrected chi connectivity index (χ0v) is 20.9. The van der Waals surface area contributed by atoms with E-state index >= 15 is 0 Å². The largest absolute Gasteiger partial charge is 0.444 e. The number of amides is 2. The molecule has 2 aromatic heterocycles. The molecule has 35 heavy (non-hydrogen) atoms. The van der Waals surface area contributed by atoms with Crippen LogP contribution in [0.2, 0.25) is 0 Å². The molecule has 0 atom stereocenters. The Labute approximate surface area is 206 Å². The van der Waals surface area contributed by atoms with E-state index < -0.39 is 17.2 Å². The van der Waals surface area contributed by atoms with E-state index in [1.54, 1.807) is 39.2 Å². The number of carbonyl (C=O) groups excluding carboxylic acids is 2. The van der Waals surface area contributed by atoms with E-state index in [0.717, 1.165) is 22.4 Å². The second-order valence-corrected chi connectivity index (χ2v) is 9.92. The first kappa shape index (κ1) is 25.7. The quantitative estimate of drug-likeness (QED) is 0.470. The third-order valence-electron chi connectivity index (χ3n) is 4.86. The van der Waals surface area contributed by atoms with Gasteiger partial charge in [-0.15, -0.1) is 0 Å². The lowest BCUT2D eigenvalue weighted by molar-refractivity contribution is -0.117. The lowest BCUT2D eigenvalue weighted by atomic mass is 10.1. The maximum Gasteiger partial charge on any atom is 0.407 e. The van der Waals surface area contributed by atoms with Crippen molar-refractivity contribution in [1.29, 1.82) is 0 Å². The monoisotopic (exact) mass is 475 g/mol. The van der Waals surface area contributed by atoms with Crippen LogP contribution in [0.5, 0.6) is 0 Å². The summed E-state index contributed by atoms with van der Waals surface area (Å²) in [5.74, 6) is -0.283. The Hall–Kier alpha value is -3.94. The molecule has 3 rings (SSSR count). The van der Waals surface area contributed by atoms with Crippen LogP contribution in [0.4, 0.5) is 4.79 Å². The summed E-state index contributed by atoms with van der Waals surface area (Å²) < 4.78 is 7.10. The predicted octanol–water partition coefficient (Wildman–Crippen LogP) is 4.43. The highest BCUT2D eigenvalue weighted by Gasteiger charge is 2.23. The van der Waals surface area contributed by atoms with Crippen molar-refractivity contribution in [3.8, 4) is 11.3 Å². The van der Waals surface area contributed by atoms with Crippen molar-refractivity contribution in [2.75, 3.05) is 6.54 Å². The number of ether oxygens (including phenoxy) is 1. The summed E-state index contributed by atoms with van der Waals surface area (Å²) in [5, 5.41) is 10.3. The fraction of sp³-hybridized carbons (Fsp3) is 0.333. The third-order valence-corrected chi connectivity index (χ3v) is 4.86. The molecule has 2 amide bonds. The number of pyridine rings is 1. The van der Waals surface area contributed by atoms with E-state index in [9.17, 15) is 9.59 Å². The molecule has 0 unspecified atom stereocenters. The molecule has 0 radical (unpaired) electrons. The SMILES string of the molecule is CC(C)(CNC(=O)OC(C)(C)C)NC(=O)/C=C/c1cn(Cc2ccccc2)nc1-c1cccnc1. The van der Waals surface area contributed by atoms with E-state index in [1.807, 2.05) is 67.2 Å². The zero-order valence-electron chi connectivity index (χ0n) is 20.9. The van der Waals surface area contributed by atoms with Crippen molar-refractivity contribution in [3.63, 3.8) is 0 Å². The minimum atomic E-state index is -0.679. The number of nitrogens with one attached hydrogen (secondary N) is 2. The van der Waals surface area contributed by atoms with Gasteiger partial charge < -0.3 is 15.4 Å². The Morgan fingerprint density at radius 3 is 2.46 bits per heavy atom. The molecule has 1 aromatic carbocycles. The van der Waals surface area contributed by atoms with Gasteiger partial charge in [0.1, 0.15) is 11.3 Å². The van der Waals surface area contributed by atoms with E-state index in [2.05, 4.69) is 15.6 Å². The molecule has 184 valence electrons. The van der Waals surface area contributed by atoms with Gasteiger partial charge in [0, 0.05) is 42.3 Å². The van der Waals surface area contributed by atoms with Crippen LogP contribution in [0, 0.1) is 0 Å². The van der Waals surface area contributed by atoms with Crippen molar-refractivity contribution < 1.29 is 14.3 Å². The van der Waals surface area contributed by atoms with E-state index in [1.165, 1.54) is 6.08 Å². The fourth-order valence-corrected chi connectivity index (χ4v) is 3.33. The van der Waals surface area contributed by atoms with Crippen molar-refractivity contribution in [3.05, 3.63) is 78.3 Å². The molecule has 0 fully saturated rings. The Morgan fingerprint density at radius 1 is 1.06 bits per heavy atom. The van der Waals surface area contributed by atoms with Gasteiger partial charge in [-0.25, -0.2) is 4.79 Å². The van der Waals surface area contributed by atoms with Crippen LogP contribution in [-0.2, 0) is 16.1 Å². The molecule has 0 spiro atoms. The molecule has 2 N–H and O–H groups in total. The number of rotatable bonds is 8. The van der Waals surface area contributed by atoms with Gasteiger partial charge in [-0.1, -0.05) is 30.3 Å². The van der Waals surface area contributed by atoms with Gasteiger partial charge in [0.2, 0.25) is 5.91 Å². The molecule has 0 saturated carbocycles. The highest BCUT2D eigenvalue weighted by atomic mass is 16.6. The molecule has 3 aromatic rings. The molecular weight excluding hydrogens is 442 g/mol. The van der Waals surface area contributed by atoms with Gasteiger partial charge in [-0.2, -0.15) is 5.10 Å². The zero-order chi connectivity index (χ0) is 25.5. The van der Waals surface area contributed by atoms with Crippen LogP contribution in [0.25, 0.3) is 17.3 Å². The van der Waals surface area contributed by atoms with Crippen molar-refractivity contribution in [2.45, 2.75) is 52.3 Å². The lowest BCUT2D eigenvalue weighted by Crippen LogP contribution is -2.51. The average molecular weight is 476 g/mol. The minimum absolute atomic E-state index is 0.220. The number of alkyl carbamates (subject to hydrolysis) is 1. The van der Waals surface area contributed by atoms with Crippen LogP contribution >= 0.6 is 0 Å².